The quantitative estimate of drug-likeness (QED) is 0.403. The van der Waals surface area contributed by atoms with Crippen molar-refractivity contribution in [1.29, 1.82) is 0 Å². The molecule has 9 heteroatoms. The van der Waals surface area contributed by atoms with E-state index in [1.54, 1.807) is 43.5 Å². The van der Waals surface area contributed by atoms with E-state index in [0.29, 0.717) is 30.8 Å². The van der Waals surface area contributed by atoms with Gasteiger partial charge in [-0.3, -0.25) is 24.1 Å². The van der Waals surface area contributed by atoms with E-state index >= 15 is 0 Å². The first-order chi connectivity index (χ1) is 16.8. The van der Waals surface area contributed by atoms with Crippen LogP contribution in [0.25, 0.3) is 0 Å². The minimum absolute atomic E-state index is 0.0750. The van der Waals surface area contributed by atoms with Crippen LogP contribution in [0.1, 0.15) is 40.5 Å². The van der Waals surface area contributed by atoms with Crippen LogP contribution in [0.2, 0.25) is 0 Å². The second kappa shape index (κ2) is 10.6. The number of carbonyl (C=O) groups excluding carboxylic acids is 3. The molecule has 0 N–H and O–H groups in total. The standard InChI is InChI=1S/C26H30FN3O5/c1-19(31)30(23-10-6-5-9-22(23)27)35-18-26(17-34-2)11-13-28(14-12-26)15-16-29-24(32)20-7-3-4-8-21(20)25(29)33/h3-10H,11-18H2,1-2H3. The number of anilines is 1. The molecule has 186 valence electrons. The Bertz CT molecular complexity index is 1060. The van der Waals surface area contributed by atoms with Crippen molar-refractivity contribution in [3.63, 3.8) is 0 Å². The first-order valence-corrected chi connectivity index (χ1v) is 11.7. The van der Waals surface area contributed by atoms with Crippen LogP contribution >= 0.6 is 0 Å². The molecule has 0 unspecified atom stereocenters. The van der Waals surface area contributed by atoms with Gasteiger partial charge in [0.25, 0.3) is 11.8 Å². The molecule has 0 spiro atoms. The van der Waals surface area contributed by atoms with Gasteiger partial charge in [-0.25, -0.2) is 4.39 Å². The molecule has 2 aromatic carbocycles. The molecule has 2 aliphatic heterocycles. The molecule has 4 rings (SSSR count). The molecular formula is C26H30FN3O5. The van der Waals surface area contributed by atoms with Crippen molar-refractivity contribution in [2.75, 3.05) is 51.6 Å². The lowest BCUT2D eigenvalue weighted by atomic mass is 9.80. The van der Waals surface area contributed by atoms with Gasteiger partial charge in [-0.1, -0.05) is 24.3 Å². The van der Waals surface area contributed by atoms with Crippen molar-refractivity contribution in [3.05, 3.63) is 65.5 Å². The maximum atomic E-state index is 14.3. The number of benzene rings is 2. The molecule has 8 nitrogen and oxygen atoms in total. The molecule has 1 fully saturated rings. The third-order valence-corrected chi connectivity index (χ3v) is 6.74. The predicted octanol–water partition coefficient (Wildman–Crippen LogP) is 3.14. The summed E-state index contributed by atoms with van der Waals surface area (Å²) < 4.78 is 19.7. The number of hydroxylamine groups is 1. The molecule has 0 aromatic heterocycles. The number of para-hydroxylation sites is 1. The number of carbonyl (C=O) groups is 3. The Morgan fingerprint density at radius 2 is 1.57 bits per heavy atom. The highest BCUT2D eigenvalue weighted by molar-refractivity contribution is 6.21. The highest BCUT2D eigenvalue weighted by atomic mass is 19.1. The molecule has 0 radical (unpaired) electrons. The molecule has 1 saturated heterocycles. The Balaban J connectivity index is 1.34. The second-order valence-corrected chi connectivity index (χ2v) is 9.12. The summed E-state index contributed by atoms with van der Waals surface area (Å²) in [4.78, 5) is 46.7. The Hall–Kier alpha value is -3.14. The summed E-state index contributed by atoms with van der Waals surface area (Å²) in [5.74, 6) is -1.45. The molecule has 0 saturated carbocycles. The number of piperidine rings is 1. The Labute approximate surface area is 204 Å². The highest BCUT2D eigenvalue weighted by Gasteiger charge is 2.38. The number of ether oxygens (including phenoxy) is 1. The zero-order chi connectivity index (χ0) is 25.0. The first kappa shape index (κ1) is 25.0. The SMILES string of the molecule is COCC1(CON(C(C)=O)c2ccccc2F)CCN(CCN2C(=O)c3ccccc3C2=O)CC1. The van der Waals surface area contributed by atoms with Crippen LogP contribution in [-0.4, -0.2) is 74.0 Å². The second-order valence-electron chi connectivity index (χ2n) is 9.12. The normalized spacial score (nSPS) is 17.5. The lowest BCUT2D eigenvalue weighted by molar-refractivity contribution is -0.127. The van der Waals surface area contributed by atoms with Crippen LogP contribution in [0.4, 0.5) is 10.1 Å². The summed E-state index contributed by atoms with van der Waals surface area (Å²) in [6, 6.07) is 12.9. The average molecular weight is 484 g/mol. The third kappa shape index (κ3) is 5.27. The molecule has 0 aliphatic carbocycles. The maximum absolute atomic E-state index is 14.3. The van der Waals surface area contributed by atoms with E-state index < -0.39 is 11.7 Å². The Kier molecular flexibility index (Phi) is 7.59. The van der Waals surface area contributed by atoms with Gasteiger partial charge < -0.3 is 9.64 Å². The fourth-order valence-electron chi connectivity index (χ4n) is 4.72. The molecule has 3 amide bonds. The van der Waals surface area contributed by atoms with Crippen LogP contribution in [0.15, 0.2) is 48.5 Å². The highest BCUT2D eigenvalue weighted by Crippen LogP contribution is 2.34. The van der Waals surface area contributed by atoms with Crippen LogP contribution in [0.3, 0.4) is 0 Å². The zero-order valence-corrected chi connectivity index (χ0v) is 20.0. The number of likely N-dealkylation sites (tertiary alicyclic amines) is 1. The number of methoxy groups -OCH3 is 1. The van der Waals surface area contributed by atoms with Gasteiger partial charge in [0.1, 0.15) is 11.5 Å². The summed E-state index contributed by atoms with van der Waals surface area (Å²) in [6.07, 6.45) is 1.46. The number of amides is 3. The number of hydrogen-bond donors (Lipinski definition) is 0. The van der Waals surface area contributed by atoms with Gasteiger partial charge in [-0.2, -0.15) is 5.06 Å². The monoisotopic (exact) mass is 483 g/mol. The van der Waals surface area contributed by atoms with Crippen molar-refractivity contribution in [2.45, 2.75) is 19.8 Å². The van der Waals surface area contributed by atoms with Crippen molar-refractivity contribution >= 4 is 23.4 Å². The summed E-state index contributed by atoms with van der Waals surface area (Å²) >= 11 is 0. The third-order valence-electron chi connectivity index (χ3n) is 6.74. The van der Waals surface area contributed by atoms with E-state index in [9.17, 15) is 18.8 Å². The first-order valence-electron chi connectivity index (χ1n) is 11.7. The Morgan fingerprint density at radius 1 is 0.971 bits per heavy atom. The minimum atomic E-state index is -0.536. The number of imide groups is 1. The topological polar surface area (TPSA) is 79.4 Å². The zero-order valence-electron chi connectivity index (χ0n) is 20.0. The summed E-state index contributed by atoms with van der Waals surface area (Å²) in [5.41, 5.74) is 0.639. The number of halogens is 1. The lowest BCUT2D eigenvalue weighted by Crippen LogP contribution is -2.48. The summed E-state index contributed by atoms with van der Waals surface area (Å²) in [7, 11) is 1.62. The molecule has 2 aromatic rings. The molecule has 2 aliphatic rings. The smallest absolute Gasteiger partial charge is 0.261 e. The predicted molar refractivity (Wildman–Crippen MR) is 127 cm³/mol. The fourth-order valence-corrected chi connectivity index (χ4v) is 4.72. The van der Waals surface area contributed by atoms with E-state index in [0.717, 1.165) is 31.0 Å². The van der Waals surface area contributed by atoms with Crippen molar-refractivity contribution in [2.24, 2.45) is 5.41 Å². The summed E-state index contributed by atoms with van der Waals surface area (Å²) in [6.45, 7) is 4.29. The maximum Gasteiger partial charge on any atom is 0.261 e. The largest absolute Gasteiger partial charge is 0.384 e. The lowest BCUT2D eigenvalue weighted by Gasteiger charge is -2.42. The van der Waals surface area contributed by atoms with E-state index in [-0.39, 0.29) is 29.5 Å². The van der Waals surface area contributed by atoms with Crippen molar-refractivity contribution in [1.82, 2.24) is 9.80 Å². The number of nitrogens with zero attached hydrogens (tertiary/aromatic N) is 3. The van der Waals surface area contributed by atoms with Gasteiger partial charge in [0, 0.05) is 32.5 Å². The van der Waals surface area contributed by atoms with Gasteiger partial charge in [0.2, 0.25) is 5.91 Å². The van der Waals surface area contributed by atoms with Gasteiger partial charge in [-0.05, 0) is 50.2 Å². The molecule has 0 atom stereocenters. The number of fused-ring (bicyclic) bond motifs is 1. The molecular weight excluding hydrogens is 453 g/mol. The average Bonchev–Trinajstić information content (AvgIpc) is 3.10. The van der Waals surface area contributed by atoms with Gasteiger partial charge in [0.05, 0.1) is 24.3 Å². The molecule has 0 bridgehead atoms. The van der Waals surface area contributed by atoms with Gasteiger partial charge in [0.15, 0.2) is 0 Å². The van der Waals surface area contributed by atoms with Gasteiger partial charge >= 0.3 is 0 Å². The minimum Gasteiger partial charge on any atom is -0.384 e. The summed E-state index contributed by atoms with van der Waals surface area (Å²) in [5, 5.41) is 1.00. The van der Waals surface area contributed by atoms with E-state index in [2.05, 4.69) is 4.90 Å². The number of hydrogen-bond acceptors (Lipinski definition) is 6. The number of rotatable bonds is 9. The van der Waals surface area contributed by atoms with Crippen LogP contribution < -0.4 is 5.06 Å². The van der Waals surface area contributed by atoms with Crippen molar-refractivity contribution in [3.8, 4) is 0 Å². The van der Waals surface area contributed by atoms with Crippen LogP contribution in [0.5, 0.6) is 0 Å². The molecule has 2 heterocycles. The van der Waals surface area contributed by atoms with E-state index in [1.165, 1.54) is 24.0 Å². The van der Waals surface area contributed by atoms with E-state index in [4.69, 9.17) is 9.57 Å². The van der Waals surface area contributed by atoms with Crippen molar-refractivity contribution < 1.29 is 28.3 Å². The van der Waals surface area contributed by atoms with Crippen LogP contribution in [-0.2, 0) is 14.4 Å². The van der Waals surface area contributed by atoms with Crippen LogP contribution in [0, 0.1) is 11.2 Å². The Morgan fingerprint density at radius 3 is 2.14 bits per heavy atom. The van der Waals surface area contributed by atoms with Gasteiger partial charge in [-0.15, -0.1) is 0 Å². The van der Waals surface area contributed by atoms with E-state index in [1.807, 2.05) is 0 Å². The fraction of sp³-hybridized carbons (Fsp3) is 0.423. The molecule has 35 heavy (non-hydrogen) atoms.